The quantitative estimate of drug-likeness (QED) is 0.193. The van der Waals surface area contributed by atoms with Gasteiger partial charge in [0.15, 0.2) is 0 Å². The number of hydrogen-bond acceptors (Lipinski definition) is 8. The van der Waals surface area contributed by atoms with Gasteiger partial charge in [-0.05, 0) is 72.8 Å². The van der Waals surface area contributed by atoms with Crippen molar-refractivity contribution in [3.8, 4) is 22.8 Å². The normalized spacial score (nSPS) is 9.69. The number of hydrogen-bond donors (Lipinski definition) is 0. The van der Waals surface area contributed by atoms with Crippen LogP contribution in [0.5, 0.6) is 0 Å². The second-order valence-electron chi connectivity index (χ2n) is 8.91. The Morgan fingerprint density at radius 1 is 0.267 bits per heavy atom. The van der Waals surface area contributed by atoms with Crippen molar-refractivity contribution in [3.63, 3.8) is 0 Å². The van der Waals surface area contributed by atoms with Crippen molar-refractivity contribution in [2.75, 3.05) is 0 Å². The van der Waals surface area contributed by atoms with E-state index in [-0.39, 0.29) is 44.3 Å². The first-order chi connectivity index (χ1) is 20.9. The van der Waals surface area contributed by atoms with Crippen LogP contribution in [0.2, 0.25) is 0 Å². The molecule has 0 atom stereocenters. The Labute approximate surface area is 285 Å². The summed E-state index contributed by atoms with van der Waals surface area (Å²) in [6.45, 7) is 0. The van der Waals surface area contributed by atoms with E-state index in [1.165, 1.54) is 0 Å². The fourth-order valence-electron chi connectivity index (χ4n) is 4.36. The minimum Gasteiger partial charge on any atom is -1.00 e. The van der Waals surface area contributed by atoms with Gasteiger partial charge in [0.1, 0.15) is 0 Å². The number of benzene rings is 1. The molecule has 11 heteroatoms. The summed E-state index contributed by atoms with van der Waals surface area (Å²) in [5.41, 5.74) is 7.16. The summed E-state index contributed by atoms with van der Waals surface area (Å²) in [5.74, 6) is 0. The zero-order chi connectivity index (χ0) is 28.4. The number of rotatable bonds is 2. The minimum absolute atomic E-state index is 0. The fraction of sp³-hybridized carbons (Fsp3) is 0. The summed E-state index contributed by atoms with van der Waals surface area (Å²) in [6, 6.07) is 31.0. The summed E-state index contributed by atoms with van der Waals surface area (Å²) in [4.78, 5) is 34.5. The van der Waals surface area contributed by atoms with Gasteiger partial charge in [0, 0.05) is 60.3 Å². The van der Waals surface area contributed by atoms with Gasteiger partial charge in [-0.2, -0.15) is 0 Å². The number of fused-ring (bicyclic) bond motifs is 6. The topological polar surface area (TPSA) is 103 Å². The molecule has 7 aromatic heterocycles. The molecule has 0 saturated carbocycles. The molecule has 0 radical (unpaired) electrons. The number of nitrogens with zero attached hydrogens (tertiary/aromatic N) is 8. The molecule has 1 aromatic carbocycles. The smallest absolute Gasteiger partial charge is 1.00 e. The van der Waals surface area contributed by atoms with Crippen molar-refractivity contribution >= 4 is 32.8 Å². The Hall–Kier alpha value is -4.82. The molecule has 7 heterocycles. The van der Waals surface area contributed by atoms with Gasteiger partial charge in [0.05, 0.1) is 44.8 Å². The van der Waals surface area contributed by atoms with Crippen LogP contribution in [-0.4, -0.2) is 39.9 Å². The molecular weight excluding hydrogens is 692 g/mol. The van der Waals surface area contributed by atoms with Crippen LogP contribution in [-0.2, 0) is 19.5 Å². The number of halogens is 2. The standard InChI is InChI=1S/C14H8N4.2C10H8N2.2ClH.Ru/c1-3-9-11(15-5-1)12-10(4-2-6-16-12)14-13(9)17-7-8-18-14;2*1-3-7-11-9(5-1)10-6-2-4-8-12-10;;;/h1-8H;2*1-8H;2*1H;/q;;;;;+2/p-2. The fourth-order valence-corrected chi connectivity index (χ4v) is 4.36. The maximum Gasteiger partial charge on any atom is 2.00 e. The van der Waals surface area contributed by atoms with Crippen LogP contribution in [0, 0.1) is 0 Å². The molecule has 0 aliphatic heterocycles. The Kier molecular flexibility index (Phi) is 13.5. The second-order valence-corrected chi connectivity index (χ2v) is 8.91. The van der Waals surface area contributed by atoms with Crippen molar-refractivity contribution in [1.29, 1.82) is 0 Å². The minimum atomic E-state index is 0. The van der Waals surface area contributed by atoms with E-state index in [2.05, 4.69) is 39.9 Å². The molecular formula is C34H24Cl2N8Ru. The molecule has 0 bridgehead atoms. The molecule has 8 aromatic rings. The van der Waals surface area contributed by atoms with Crippen LogP contribution in [0.1, 0.15) is 0 Å². The molecule has 0 N–H and O–H groups in total. The van der Waals surface area contributed by atoms with Crippen LogP contribution in [0.3, 0.4) is 0 Å². The summed E-state index contributed by atoms with van der Waals surface area (Å²) >= 11 is 0. The van der Waals surface area contributed by atoms with Gasteiger partial charge in [0.25, 0.3) is 0 Å². The second kappa shape index (κ2) is 17.5. The van der Waals surface area contributed by atoms with Crippen LogP contribution in [0.4, 0.5) is 0 Å². The van der Waals surface area contributed by atoms with Gasteiger partial charge in [-0.3, -0.25) is 39.9 Å². The summed E-state index contributed by atoms with van der Waals surface area (Å²) in [7, 11) is 0. The zero-order valence-electron chi connectivity index (χ0n) is 23.5. The molecule has 0 aliphatic rings. The predicted molar refractivity (Wildman–Crippen MR) is 165 cm³/mol. The molecule has 45 heavy (non-hydrogen) atoms. The van der Waals surface area contributed by atoms with Crippen molar-refractivity contribution in [2.24, 2.45) is 0 Å². The van der Waals surface area contributed by atoms with Crippen molar-refractivity contribution < 1.29 is 44.3 Å². The van der Waals surface area contributed by atoms with Gasteiger partial charge in [0.2, 0.25) is 0 Å². The van der Waals surface area contributed by atoms with Crippen LogP contribution in [0.25, 0.3) is 55.6 Å². The molecule has 0 fully saturated rings. The third kappa shape index (κ3) is 8.43. The van der Waals surface area contributed by atoms with E-state index >= 15 is 0 Å². The Morgan fingerprint density at radius 2 is 0.533 bits per heavy atom. The first-order valence-electron chi connectivity index (χ1n) is 13.3. The molecule has 8 nitrogen and oxygen atoms in total. The van der Waals surface area contributed by atoms with E-state index in [0.717, 1.165) is 55.6 Å². The average Bonchev–Trinajstić information content (AvgIpc) is 3.11. The van der Waals surface area contributed by atoms with E-state index in [1.54, 1.807) is 49.6 Å². The molecule has 0 amide bonds. The van der Waals surface area contributed by atoms with Gasteiger partial charge in [-0.1, -0.05) is 24.3 Å². The molecule has 0 saturated heterocycles. The zero-order valence-corrected chi connectivity index (χ0v) is 26.8. The van der Waals surface area contributed by atoms with E-state index < -0.39 is 0 Å². The Morgan fingerprint density at radius 3 is 0.800 bits per heavy atom. The van der Waals surface area contributed by atoms with Gasteiger partial charge < -0.3 is 24.8 Å². The molecule has 222 valence electrons. The summed E-state index contributed by atoms with van der Waals surface area (Å²) in [6.07, 6.45) is 14.0. The van der Waals surface area contributed by atoms with E-state index in [1.807, 2.05) is 97.1 Å². The van der Waals surface area contributed by atoms with Crippen molar-refractivity contribution in [3.05, 3.63) is 147 Å². The summed E-state index contributed by atoms with van der Waals surface area (Å²) in [5, 5.41) is 1.98. The molecule has 0 unspecified atom stereocenters. The maximum absolute atomic E-state index is 4.43. The Bertz CT molecular complexity index is 1670. The average molecular weight is 717 g/mol. The first kappa shape index (κ1) is 34.7. The third-order valence-corrected chi connectivity index (χ3v) is 6.23. The molecule has 0 aliphatic carbocycles. The SMILES string of the molecule is [Cl-].[Cl-].[Ru+2].c1ccc(-c2ccccn2)nc1.c1ccc(-c2ccccn2)nc1.c1cnc2c(c1)c1nccnc1c1cccnc12. The van der Waals surface area contributed by atoms with E-state index in [0.29, 0.717) is 0 Å². The van der Waals surface area contributed by atoms with Crippen molar-refractivity contribution in [1.82, 2.24) is 39.9 Å². The third-order valence-electron chi connectivity index (χ3n) is 6.23. The van der Waals surface area contributed by atoms with Crippen molar-refractivity contribution in [2.45, 2.75) is 0 Å². The predicted octanol–water partition coefficient (Wildman–Crippen LogP) is 1.02. The first-order valence-corrected chi connectivity index (χ1v) is 13.3. The number of pyridine rings is 6. The maximum atomic E-state index is 4.43. The largest absolute Gasteiger partial charge is 2.00 e. The van der Waals surface area contributed by atoms with E-state index in [4.69, 9.17) is 0 Å². The van der Waals surface area contributed by atoms with Gasteiger partial charge in [-0.15, -0.1) is 0 Å². The monoisotopic (exact) mass is 716 g/mol. The van der Waals surface area contributed by atoms with Gasteiger partial charge >= 0.3 is 19.5 Å². The summed E-state index contributed by atoms with van der Waals surface area (Å²) < 4.78 is 0. The van der Waals surface area contributed by atoms with Gasteiger partial charge in [-0.25, -0.2) is 0 Å². The van der Waals surface area contributed by atoms with Crippen LogP contribution < -0.4 is 24.8 Å². The van der Waals surface area contributed by atoms with E-state index in [9.17, 15) is 0 Å². The number of aromatic nitrogens is 8. The molecule has 8 rings (SSSR count). The Balaban J connectivity index is 0.000000184. The van der Waals surface area contributed by atoms with Crippen LogP contribution in [0.15, 0.2) is 147 Å². The molecule has 0 spiro atoms. The van der Waals surface area contributed by atoms with Crippen LogP contribution >= 0.6 is 0 Å².